The summed E-state index contributed by atoms with van der Waals surface area (Å²) in [7, 11) is 1.52. The van der Waals surface area contributed by atoms with Gasteiger partial charge in [-0.15, -0.1) is 10.2 Å². The maximum Gasteiger partial charge on any atom is 0.292 e. The summed E-state index contributed by atoms with van der Waals surface area (Å²) in [6.07, 6.45) is 2.07. The number of methoxy groups -OCH3 is 1. The van der Waals surface area contributed by atoms with Gasteiger partial charge < -0.3 is 18.9 Å². The Kier molecular flexibility index (Phi) is 3.67. The van der Waals surface area contributed by atoms with E-state index in [2.05, 4.69) is 15.4 Å². The predicted molar refractivity (Wildman–Crippen MR) is 70.0 cm³/mol. The molecular formula is C13H14N4O4. The minimum absolute atomic E-state index is 0.112. The smallest absolute Gasteiger partial charge is 0.292 e. The lowest BCUT2D eigenvalue weighted by molar-refractivity contribution is 0.0730. The van der Waals surface area contributed by atoms with Gasteiger partial charge in [0.2, 0.25) is 17.5 Å². The molecule has 1 aliphatic heterocycles. The molecule has 1 atom stereocenters. The van der Waals surface area contributed by atoms with E-state index in [0.29, 0.717) is 24.8 Å². The van der Waals surface area contributed by atoms with Gasteiger partial charge in [0.05, 0.1) is 19.9 Å². The number of hydrogen-bond acceptors (Lipinski definition) is 7. The average Bonchev–Trinajstić information content (AvgIpc) is 3.19. The third-order valence-corrected chi connectivity index (χ3v) is 3.19. The maximum atomic E-state index is 12.1. The van der Waals surface area contributed by atoms with E-state index in [4.69, 9.17) is 14.0 Å². The highest BCUT2D eigenvalue weighted by Crippen LogP contribution is 2.19. The number of rotatable bonds is 4. The zero-order valence-corrected chi connectivity index (χ0v) is 11.4. The fraction of sp³-hybridized carbons (Fsp3) is 0.385. The van der Waals surface area contributed by atoms with Crippen LogP contribution in [0, 0.1) is 0 Å². The zero-order chi connectivity index (χ0) is 14.7. The number of likely N-dealkylation sites (tertiary alicyclic amines) is 1. The van der Waals surface area contributed by atoms with Crippen molar-refractivity contribution in [3.8, 4) is 11.8 Å². The normalized spacial score (nSPS) is 17.8. The summed E-state index contributed by atoms with van der Waals surface area (Å²) in [5.74, 6) is 0.893. The molecule has 0 saturated carbocycles. The molecule has 0 N–H and O–H groups in total. The summed E-state index contributed by atoms with van der Waals surface area (Å²) in [5.41, 5.74) is 0. The molecule has 0 radical (unpaired) electrons. The Hall–Kier alpha value is -2.64. The molecule has 3 rings (SSSR count). The van der Waals surface area contributed by atoms with Gasteiger partial charge in [0, 0.05) is 31.2 Å². The van der Waals surface area contributed by atoms with Gasteiger partial charge in [0.25, 0.3) is 5.91 Å². The summed E-state index contributed by atoms with van der Waals surface area (Å²) in [6.45, 7) is 1.08. The quantitative estimate of drug-likeness (QED) is 0.821. The molecule has 0 unspecified atom stereocenters. The van der Waals surface area contributed by atoms with Crippen LogP contribution in [0.4, 0.5) is 0 Å². The van der Waals surface area contributed by atoms with Crippen molar-refractivity contribution in [2.75, 3.05) is 20.2 Å². The fourth-order valence-electron chi connectivity index (χ4n) is 2.14. The van der Waals surface area contributed by atoms with Crippen LogP contribution in [0.3, 0.4) is 0 Å². The van der Waals surface area contributed by atoms with E-state index in [1.54, 1.807) is 23.1 Å². The minimum Gasteiger partial charge on any atom is -0.480 e. The van der Waals surface area contributed by atoms with E-state index in [1.807, 2.05) is 0 Å². The number of hydrogen-bond donors (Lipinski definition) is 0. The highest BCUT2D eigenvalue weighted by Gasteiger charge is 2.30. The summed E-state index contributed by atoms with van der Waals surface area (Å²) in [6, 6.07) is 4.91. The first kappa shape index (κ1) is 13.3. The predicted octanol–water partition coefficient (Wildman–Crippen LogP) is 0.767. The third-order valence-electron chi connectivity index (χ3n) is 3.19. The molecular weight excluding hydrogens is 276 g/mol. The topological polar surface area (TPSA) is 90.6 Å². The van der Waals surface area contributed by atoms with Crippen molar-refractivity contribution in [3.05, 3.63) is 30.2 Å². The van der Waals surface area contributed by atoms with Crippen molar-refractivity contribution >= 4 is 5.91 Å². The molecule has 1 saturated heterocycles. The molecule has 2 aromatic rings. The first-order valence-corrected chi connectivity index (χ1v) is 6.50. The van der Waals surface area contributed by atoms with Gasteiger partial charge in [-0.1, -0.05) is 5.16 Å². The Morgan fingerprint density at radius 2 is 2.14 bits per heavy atom. The number of nitrogens with zero attached hydrogens (tertiary/aromatic N) is 4. The number of aromatic nitrogens is 3. The van der Waals surface area contributed by atoms with Gasteiger partial charge in [-0.3, -0.25) is 4.79 Å². The second-order valence-electron chi connectivity index (χ2n) is 4.57. The van der Waals surface area contributed by atoms with Gasteiger partial charge in [-0.05, 0) is 0 Å². The van der Waals surface area contributed by atoms with E-state index in [1.165, 1.54) is 13.3 Å². The number of carbonyl (C=O) groups is 1. The minimum atomic E-state index is -0.181. The van der Waals surface area contributed by atoms with Crippen LogP contribution in [-0.4, -0.2) is 52.5 Å². The Labute approximate surface area is 120 Å². The van der Waals surface area contributed by atoms with Crippen LogP contribution in [0.5, 0.6) is 11.8 Å². The number of carbonyl (C=O) groups excluding carboxylic acids is 1. The Morgan fingerprint density at radius 3 is 2.81 bits per heavy atom. The molecule has 110 valence electrons. The summed E-state index contributed by atoms with van der Waals surface area (Å²) in [4.78, 5) is 13.8. The third kappa shape index (κ3) is 2.93. The lowest BCUT2D eigenvalue weighted by Crippen LogP contribution is -2.30. The van der Waals surface area contributed by atoms with E-state index in [0.717, 1.165) is 6.42 Å². The van der Waals surface area contributed by atoms with Crippen molar-refractivity contribution in [1.29, 1.82) is 0 Å². The Balaban J connectivity index is 1.58. The van der Waals surface area contributed by atoms with Crippen LogP contribution in [-0.2, 0) is 0 Å². The van der Waals surface area contributed by atoms with Crippen LogP contribution in [0.25, 0.3) is 0 Å². The van der Waals surface area contributed by atoms with Crippen LogP contribution in [0.2, 0.25) is 0 Å². The molecule has 0 aromatic carbocycles. The second-order valence-corrected chi connectivity index (χ2v) is 4.57. The van der Waals surface area contributed by atoms with E-state index in [-0.39, 0.29) is 17.8 Å². The van der Waals surface area contributed by atoms with Crippen molar-refractivity contribution in [2.24, 2.45) is 0 Å². The van der Waals surface area contributed by atoms with Gasteiger partial charge in [-0.25, -0.2) is 0 Å². The highest BCUT2D eigenvalue weighted by molar-refractivity contribution is 5.91. The average molecular weight is 290 g/mol. The summed E-state index contributed by atoms with van der Waals surface area (Å²) >= 11 is 0. The molecule has 1 amide bonds. The van der Waals surface area contributed by atoms with Crippen molar-refractivity contribution in [2.45, 2.75) is 12.5 Å². The lowest BCUT2D eigenvalue weighted by atomic mass is 10.3. The van der Waals surface area contributed by atoms with E-state index in [9.17, 15) is 4.79 Å². The first-order valence-electron chi connectivity index (χ1n) is 6.50. The van der Waals surface area contributed by atoms with Crippen LogP contribution in [0.1, 0.15) is 17.0 Å². The van der Waals surface area contributed by atoms with Gasteiger partial charge in [-0.2, -0.15) is 0 Å². The second kappa shape index (κ2) is 5.78. The van der Waals surface area contributed by atoms with E-state index < -0.39 is 0 Å². The Morgan fingerprint density at radius 1 is 1.33 bits per heavy atom. The largest absolute Gasteiger partial charge is 0.480 e. The van der Waals surface area contributed by atoms with Gasteiger partial charge in [0.1, 0.15) is 6.10 Å². The van der Waals surface area contributed by atoms with Gasteiger partial charge >= 0.3 is 0 Å². The van der Waals surface area contributed by atoms with E-state index >= 15 is 0 Å². The number of amides is 1. The van der Waals surface area contributed by atoms with Crippen molar-refractivity contribution in [3.63, 3.8) is 0 Å². The van der Waals surface area contributed by atoms with Crippen molar-refractivity contribution < 1.29 is 18.8 Å². The van der Waals surface area contributed by atoms with Crippen LogP contribution >= 0.6 is 0 Å². The molecule has 2 aromatic heterocycles. The van der Waals surface area contributed by atoms with Crippen molar-refractivity contribution in [1.82, 2.24) is 20.3 Å². The molecule has 0 bridgehead atoms. The first-order chi connectivity index (χ1) is 10.3. The van der Waals surface area contributed by atoms with Crippen LogP contribution < -0.4 is 9.47 Å². The fourth-order valence-corrected chi connectivity index (χ4v) is 2.14. The molecule has 21 heavy (non-hydrogen) atoms. The number of ether oxygens (including phenoxy) is 2. The maximum absolute atomic E-state index is 12.1. The molecule has 1 fully saturated rings. The monoisotopic (exact) mass is 290 g/mol. The SMILES string of the molecule is COc1ccc(O[C@@H]2CCN(C(=O)c3ccno3)C2)nn1. The molecule has 1 aliphatic rings. The molecule has 8 nitrogen and oxygen atoms in total. The van der Waals surface area contributed by atoms with Crippen LogP contribution in [0.15, 0.2) is 28.9 Å². The Bertz CT molecular complexity index is 599. The molecule has 8 heteroatoms. The molecule has 3 heterocycles. The standard InChI is InChI=1S/C13H14N4O4/c1-19-11-2-3-12(16-15-11)20-9-5-7-17(8-9)13(18)10-4-6-14-21-10/h2-4,6,9H,5,7-8H2,1H3/t9-/m1/s1. The zero-order valence-electron chi connectivity index (χ0n) is 11.4. The van der Waals surface area contributed by atoms with Gasteiger partial charge in [0.15, 0.2) is 0 Å². The molecule has 0 aliphatic carbocycles. The summed E-state index contributed by atoms with van der Waals surface area (Å²) < 4.78 is 15.5. The lowest BCUT2D eigenvalue weighted by Gasteiger charge is -2.15. The molecule has 0 spiro atoms. The summed E-state index contributed by atoms with van der Waals surface area (Å²) in [5, 5.41) is 11.3. The highest BCUT2D eigenvalue weighted by atomic mass is 16.5.